The molecule has 0 bridgehead atoms. The van der Waals surface area contributed by atoms with Crippen LogP contribution in [-0.4, -0.2) is 35.5 Å². The maximum atomic E-state index is 12.6. The largest absolute Gasteiger partial charge is 0.492 e. The van der Waals surface area contributed by atoms with Crippen molar-refractivity contribution in [1.82, 2.24) is 10.2 Å². The van der Waals surface area contributed by atoms with Gasteiger partial charge in [0.05, 0.1) is 6.54 Å². The van der Waals surface area contributed by atoms with E-state index in [1.807, 2.05) is 31.2 Å². The number of urea groups is 1. The number of halogens is 1. The number of nitrogens with one attached hydrogen (secondary N) is 1. The molecule has 0 saturated carbocycles. The van der Waals surface area contributed by atoms with Gasteiger partial charge in [0, 0.05) is 4.47 Å². The predicted molar refractivity (Wildman–Crippen MR) is 97.0 cm³/mol. The van der Waals surface area contributed by atoms with Crippen molar-refractivity contribution in [1.29, 1.82) is 0 Å². The highest BCUT2D eigenvalue weighted by molar-refractivity contribution is 9.10. The first kappa shape index (κ1) is 18.8. The molecule has 0 spiro atoms. The molecule has 1 aliphatic rings. The second kappa shape index (κ2) is 8.51. The van der Waals surface area contributed by atoms with Gasteiger partial charge in [0.15, 0.2) is 0 Å². The monoisotopic (exact) mass is 396 g/mol. The second-order valence-corrected chi connectivity index (χ2v) is 7.25. The molecule has 0 aliphatic carbocycles. The van der Waals surface area contributed by atoms with Crippen LogP contribution in [0.1, 0.15) is 46.0 Å². The molecule has 1 aromatic carbocycles. The standard InChI is InChI=1S/C18H25BrN2O3/c1-3-4-5-6-11-18(2)16(22)21(17(23)20-18)12-13-24-15-9-7-14(19)8-10-15/h7-10H,3-6,11-13H2,1-2H3,(H,20,23). The lowest BCUT2D eigenvalue weighted by atomic mass is 9.94. The third kappa shape index (κ3) is 4.72. The Kier molecular flexibility index (Phi) is 6.66. The Bertz CT molecular complexity index is 576. The van der Waals surface area contributed by atoms with Crippen LogP contribution in [-0.2, 0) is 4.79 Å². The van der Waals surface area contributed by atoms with Crippen molar-refractivity contribution in [2.24, 2.45) is 0 Å². The van der Waals surface area contributed by atoms with Gasteiger partial charge in [-0.05, 0) is 37.6 Å². The van der Waals surface area contributed by atoms with Gasteiger partial charge in [-0.2, -0.15) is 0 Å². The average molecular weight is 397 g/mol. The van der Waals surface area contributed by atoms with Crippen LogP contribution in [0.4, 0.5) is 4.79 Å². The average Bonchev–Trinajstić information content (AvgIpc) is 2.77. The number of carbonyl (C=O) groups is 2. The van der Waals surface area contributed by atoms with Crippen LogP contribution in [0.25, 0.3) is 0 Å². The van der Waals surface area contributed by atoms with E-state index in [0.29, 0.717) is 12.2 Å². The minimum absolute atomic E-state index is 0.150. The normalized spacial score (nSPS) is 20.4. The molecule has 1 unspecified atom stereocenters. The molecule has 1 N–H and O–H groups in total. The molecule has 0 radical (unpaired) electrons. The third-order valence-corrected chi connectivity index (χ3v) is 4.80. The molecular weight excluding hydrogens is 372 g/mol. The zero-order valence-electron chi connectivity index (χ0n) is 14.3. The number of hydrogen-bond donors (Lipinski definition) is 1. The number of carbonyl (C=O) groups excluding carboxylic acids is 2. The van der Waals surface area contributed by atoms with E-state index in [1.165, 1.54) is 4.90 Å². The minimum atomic E-state index is -0.775. The van der Waals surface area contributed by atoms with E-state index in [0.717, 1.165) is 30.2 Å². The van der Waals surface area contributed by atoms with E-state index in [2.05, 4.69) is 28.2 Å². The second-order valence-electron chi connectivity index (χ2n) is 6.33. The molecule has 1 aromatic rings. The van der Waals surface area contributed by atoms with Gasteiger partial charge in [-0.1, -0.05) is 48.5 Å². The van der Waals surface area contributed by atoms with Gasteiger partial charge in [0.2, 0.25) is 0 Å². The Morgan fingerprint density at radius 2 is 1.88 bits per heavy atom. The fourth-order valence-corrected chi connectivity index (χ4v) is 3.07. The summed E-state index contributed by atoms with van der Waals surface area (Å²) in [6, 6.07) is 7.13. The third-order valence-electron chi connectivity index (χ3n) is 4.27. The number of benzene rings is 1. The number of rotatable bonds is 9. The lowest BCUT2D eigenvalue weighted by molar-refractivity contribution is -0.131. The predicted octanol–water partition coefficient (Wildman–Crippen LogP) is 4.11. The molecule has 0 aromatic heterocycles. The van der Waals surface area contributed by atoms with Crippen molar-refractivity contribution in [3.63, 3.8) is 0 Å². The first-order valence-electron chi connectivity index (χ1n) is 8.49. The Morgan fingerprint density at radius 1 is 1.17 bits per heavy atom. The number of hydrogen-bond acceptors (Lipinski definition) is 3. The molecule has 5 nitrogen and oxygen atoms in total. The summed E-state index contributed by atoms with van der Waals surface area (Å²) < 4.78 is 6.58. The fraction of sp³-hybridized carbons (Fsp3) is 0.556. The molecule has 1 heterocycles. The summed E-state index contributed by atoms with van der Waals surface area (Å²) in [5.74, 6) is 0.566. The van der Waals surface area contributed by atoms with Crippen molar-refractivity contribution >= 4 is 27.9 Å². The maximum Gasteiger partial charge on any atom is 0.325 e. The van der Waals surface area contributed by atoms with Crippen molar-refractivity contribution in [2.45, 2.75) is 51.5 Å². The summed E-state index contributed by atoms with van der Waals surface area (Å²) in [7, 11) is 0. The fourth-order valence-electron chi connectivity index (χ4n) is 2.81. The first-order valence-corrected chi connectivity index (χ1v) is 9.28. The Balaban J connectivity index is 1.83. The molecule has 1 aliphatic heterocycles. The number of amides is 3. The molecule has 1 atom stereocenters. The maximum absolute atomic E-state index is 12.6. The Hall–Kier alpha value is -1.56. The first-order chi connectivity index (χ1) is 11.5. The Morgan fingerprint density at radius 3 is 2.54 bits per heavy atom. The molecule has 24 heavy (non-hydrogen) atoms. The van der Waals surface area contributed by atoms with Crippen LogP contribution in [0, 0.1) is 0 Å². The summed E-state index contributed by atoms with van der Waals surface area (Å²) in [6.45, 7) is 4.50. The molecule has 2 rings (SSSR count). The van der Waals surface area contributed by atoms with Crippen LogP contribution in [0.3, 0.4) is 0 Å². The van der Waals surface area contributed by atoms with Gasteiger partial charge in [0.25, 0.3) is 5.91 Å². The van der Waals surface area contributed by atoms with Crippen LogP contribution in [0.15, 0.2) is 28.7 Å². The zero-order valence-corrected chi connectivity index (χ0v) is 15.9. The Labute approximate surface area is 151 Å². The SMILES string of the molecule is CCCCCCC1(C)NC(=O)N(CCOc2ccc(Br)cc2)C1=O. The summed E-state index contributed by atoms with van der Waals surface area (Å²) in [4.78, 5) is 25.9. The highest BCUT2D eigenvalue weighted by atomic mass is 79.9. The lowest BCUT2D eigenvalue weighted by Gasteiger charge is -2.21. The smallest absolute Gasteiger partial charge is 0.325 e. The van der Waals surface area contributed by atoms with E-state index in [9.17, 15) is 9.59 Å². The summed E-state index contributed by atoms with van der Waals surface area (Å²) in [6.07, 6.45) is 5.02. The molecule has 6 heteroatoms. The van der Waals surface area contributed by atoms with Crippen molar-refractivity contribution in [3.8, 4) is 5.75 Å². The van der Waals surface area contributed by atoms with Crippen LogP contribution >= 0.6 is 15.9 Å². The van der Waals surface area contributed by atoms with Crippen molar-refractivity contribution in [2.75, 3.05) is 13.2 Å². The lowest BCUT2D eigenvalue weighted by Crippen LogP contribution is -2.44. The summed E-state index contributed by atoms with van der Waals surface area (Å²) in [5, 5.41) is 2.84. The van der Waals surface area contributed by atoms with Crippen molar-refractivity contribution < 1.29 is 14.3 Å². The zero-order chi connectivity index (χ0) is 17.6. The summed E-state index contributed by atoms with van der Waals surface area (Å²) >= 11 is 3.36. The van der Waals surface area contributed by atoms with Crippen LogP contribution < -0.4 is 10.1 Å². The molecular formula is C18H25BrN2O3. The van der Waals surface area contributed by atoms with E-state index < -0.39 is 5.54 Å². The highest BCUT2D eigenvalue weighted by Gasteiger charge is 2.46. The van der Waals surface area contributed by atoms with Gasteiger partial charge >= 0.3 is 6.03 Å². The van der Waals surface area contributed by atoms with E-state index in [4.69, 9.17) is 4.74 Å². The van der Waals surface area contributed by atoms with Gasteiger partial charge in [-0.15, -0.1) is 0 Å². The van der Waals surface area contributed by atoms with E-state index >= 15 is 0 Å². The quantitative estimate of drug-likeness (QED) is 0.504. The molecule has 1 saturated heterocycles. The van der Waals surface area contributed by atoms with Gasteiger partial charge in [-0.25, -0.2) is 4.79 Å². The van der Waals surface area contributed by atoms with Gasteiger partial charge < -0.3 is 10.1 Å². The highest BCUT2D eigenvalue weighted by Crippen LogP contribution is 2.24. The number of unbranched alkanes of at least 4 members (excludes halogenated alkanes) is 3. The van der Waals surface area contributed by atoms with Crippen LogP contribution in [0.5, 0.6) is 5.75 Å². The van der Waals surface area contributed by atoms with Crippen molar-refractivity contribution in [3.05, 3.63) is 28.7 Å². The van der Waals surface area contributed by atoms with Gasteiger partial charge in [0.1, 0.15) is 17.9 Å². The summed E-state index contributed by atoms with van der Waals surface area (Å²) in [5.41, 5.74) is -0.775. The van der Waals surface area contributed by atoms with Gasteiger partial charge in [-0.3, -0.25) is 9.69 Å². The molecule has 1 fully saturated rings. The topological polar surface area (TPSA) is 58.6 Å². The molecule has 3 amide bonds. The van der Waals surface area contributed by atoms with E-state index in [-0.39, 0.29) is 25.1 Å². The van der Waals surface area contributed by atoms with E-state index in [1.54, 1.807) is 0 Å². The van der Waals surface area contributed by atoms with Crippen LogP contribution in [0.2, 0.25) is 0 Å². The molecule has 132 valence electrons. The number of ether oxygens (including phenoxy) is 1. The minimum Gasteiger partial charge on any atom is -0.492 e. The number of nitrogens with zero attached hydrogens (tertiary/aromatic N) is 1. The number of imide groups is 1.